The maximum atomic E-state index is 13.7. The lowest BCUT2D eigenvalue weighted by atomic mass is 10.1. The Balaban J connectivity index is 1.72. The molecular weight excluding hydrogens is 457 g/mol. The predicted molar refractivity (Wildman–Crippen MR) is 138 cm³/mol. The smallest absolute Gasteiger partial charge is 0.227 e. The Kier molecular flexibility index (Phi) is 8.92. The van der Waals surface area contributed by atoms with Gasteiger partial charge in [0.2, 0.25) is 5.88 Å². The van der Waals surface area contributed by atoms with Gasteiger partial charge in [-0.25, -0.2) is 9.07 Å². The van der Waals surface area contributed by atoms with Crippen molar-refractivity contribution < 1.29 is 18.7 Å². The van der Waals surface area contributed by atoms with Crippen LogP contribution in [-0.4, -0.2) is 32.4 Å². The molecule has 36 heavy (non-hydrogen) atoms. The van der Waals surface area contributed by atoms with E-state index in [1.54, 1.807) is 23.1 Å². The third-order valence-electron chi connectivity index (χ3n) is 6.08. The highest BCUT2D eigenvalue weighted by Gasteiger charge is 2.24. The Labute approximate surface area is 211 Å². The number of aryl methyl sites for hydroxylation is 1. The molecule has 1 N–H and O–H groups in total. The summed E-state index contributed by atoms with van der Waals surface area (Å²) in [6, 6.07) is 19.6. The van der Waals surface area contributed by atoms with Crippen LogP contribution in [0.1, 0.15) is 50.1 Å². The molecule has 2 aromatic heterocycles. The molecule has 0 saturated carbocycles. The second-order valence-corrected chi connectivity index (χ2v) is 8.93. The lowest BCUT2D eigenvalue weighted by Gasteiger charge is -2.25. The van der Waals surface area contributed by atoms with Crippen molar-refractivity contribution in [3.63, 3.8) is 0 Å². The van der Waals surface area contributed by atoms with Crippen molar-refractivity contribution in [3.05, 3.63) is 95.8 Å². The van der Waals surface area contributed by atoms with E-state index >= 15 is 0 Å². The van der Waals surface area contributed by atoms with Gasteiger partial charge in [0.25, 0.3) is 0 Å². The second kappa shape index (κ2) is 12.5. The lowest BCUT2D eigenvalue weighted by Crippen LogP contribution is -2.32. The number of hydrogen-bond donors (Lipinski definition) is 1. The molecule has 0 aliphatic rings. The lowest BCUT2D eigenvalue weighted by molar-refractivity contribution is 0.0915. The molecule has 7 heteroatoms. The molecule has 0 bridgehead atoms. The van der Waals surface area contributed by atoms with E-state index in [4.69, 9.17) is 14.3 Å². The zero-order chi connectivity index (χ0) is 25.3. The van der Waals surface area contributed by atoms with Gasteiger partial charge in [-0.05, 0) is 61.4 Å². The predicted octanol–water partition coefficient (Wildman–Crippen LogP) is 6.51. The molecule has 0 radical (unpaired) electrons. The molecule has 2 aromatic carbocycles. The van der Waals surface area contributed by atoms with Gasteiger partial charge < -0.3 is 14.3 Å². The summed E-state index contributed by atoms with van der Waals surface area (Å²) in [5.41, 5.74) is 2.53. The maximum Gasteiger partial charge on any atom is 0.227 e. The zero-order valence-electron chi connectivity index (χ0n) is 20.9. The van der Waals surface area contributed by atoms with Crippen LogP contribution in [0.15, 0.2) is 77.4 Å². The molecule has 0 spiro atoms. The minimum absolute atomic E-state index is 0.307. The number of furan rings is 1. The monoisotopic (exact) mass is 491 g/mol. The minimum atomic E-state index is -0.448. The van der Waals surface area contributed by atoms with Crippen LogP contribution in [0.4, 0.5) is 4.39 Å². The van der Waals surface area contributed by atoms with E-state index in [0.717, 1.165) is 36.3 Å². The van der Waals surface area contributed by atoms with Crippen molar-refractivity contribution in [2.24, 2.45) is 0 Å². The standard InChI is InChI=1S/C29H34FN3O3/c1-3-5-10-24(34)19-32(20-26-13-9-18-35-26)21-27-28(4-2)31-33(23-16-14-22(30)15-17-23)29(27)36-25-11-7-6-8-12-25/h6-9,11-18,24,34H,3-5,10,19-21H2,1-2H3. The number of hydrogen-bond acceptors (Lipinski definition) is 5. The number of aromatic nitrogens is 2. The van der Waals surface area contributed by atoms with Crippen LogP contribution in [0.25, 0.3) is 5.69 Å². The van der Waals surface area contributed by atoms with Crippen molar-refractivity contribution in [1.29, 1.82) is 0 Å². The zero-order valence-corrected chi connectivity index (χ0v) is 20.9. The average Bonchev–Trinajstić information content (AvgIpc) is 3.52. The highest BCUT2D eigenvalue weighted by Crippen LogP contribution is 2.32. The van der Waals surface area contributed by atoms with E-state index in [2.05, 4.69) is 18.7 Å². The van der Waals surface area contributed by atoms with Gasteiger partial charge in [0.15, 0.2) is 0 Å². The van der Waals surface area contributed by atoms with E-state index in [9.17, 15) is 9.50 Å². The molecule has 0 saturated heterocycles. The maximum absolute atomic E-state index is 13.7. The average molecular weight is 492 g/mol. The third-order valence-corrected chi connectivity index (χ3v) is 6.08. The van der Waals surface area contributed by atoms with Crippen LogP contribution >= 0.6 is 0 Å². The van der Waals surface area contributed by atoms with Crippen molar-refractivity contribution in [2.45, 2.75) is 58.7 Å². The summed E-state index contributed by atoms with van der Waals surface area (Å²) in [6.45, 7) is 5.73. The number of unbranched alkanes of at least 4 members (excludes halogenated alkanes) is 1. The van der Waals surface area contributed by atoms with Crippen LogP contribution in [0, 0.1) is 5.82 Å². The summed E-state index contributed by atoms with van der Waals surface area (Å²) < 4.78 is 27.4. The van der Waals surface area contributed by atoms with Gasteiger partial charge >= 0.3 is 0 Å². The summed E-state index contributed by atoms with van der Waals surface area (Å²) >= 11 is 0. The van der Waals surface area contributed by atoms with Crippen LogP contribution in [0.5, 0.6) is 11.6 Å². The molecule has 4 aromatic rings. The fourth-order valence-corrected chi connectivity index (χ4v) is 4.24. The number of para-hydroxylation sites is 1. The number of aliphatic hydroxyl groups is 1. The fraction of sp³-hybridized carbons (Fsp3) is 0.345. The quantitative estimate of drug-likeness (QED) is 0.231. The number of nitrogens with zero attached hydrogens (tertiary/aromatic N) is 3. The topological polar surface area (TPSA) is 63.7 Å². The van der Waals surface area contributed by atoms with E-state index < -0.39 is 6.10 Å². The normalized spacial score (nSPS) is 12.2. The third kappa shape index (κ3) is 6.62. The van der Waals surface area contributed by atoms with Gasteiger partial charge in [0.05, 0.1) is 35.9 Å². The van der Waals surface area contributed by atoms with Crippen LogP contribution in [0.2, 0.25) is 0 Å². The highest BCUT2D eigenvalue weighted by molar-refractivity contribution is 5.44. The number of aliphatic hydroxyl groups excluding tert-OH is 1. The van der Waals surface area contributed by atoms with Gasteiger partial charge in [-0.15, -0.1) is 0 Å². The molecular formula is C29H34FN3O3. The van der Waals surface area contributed by atoms with Crippen molar-refractivity contribution in [1.82, 2.24) is 14.7 Å². The Morgan fingerprint density at radius 3 is 2.47 bits per heavy atom. The summed E-state index contributed by atoms with van der Waals surface area (Å²) in [5.74, 6) is 1.78. The highest BCUT2D eigenvalue weighted by atomic mass is 19.1. The van der Waals surface area contributed by atoms with E-state index in [-0.39, 0.29) is 5.82 Å². The number of rotatable bonds is 13. The Bertz CT molecular complexity index is 1190. The van der Waals surface area contributed by atoms with Crippen LogP contribution in [0.3, 0.4) is 0 Å². The van der Waals surface area contributed by atoms with Crippen molar-refractivity contribution in [2.75, 3.05) is 6.54 Å². The van der Waals surface area contributed by atoms with Crippen LogP contribution < -0.4 is 4.74 Å². The largest absolute Gasteiger partial charge is 0.468 e. The summed E-state index contributed by atoms with van der Waals surface area (Å²) in [6.07, 6.45) is 4.66. The minimum Gasteiger partial charge on any atom is -0.468 e. The first kappa shape index (κ1) is 25.7. The van der Waals surface area contributed by atoms with E-state index in [1.165, 1.54) is 12.1 Å². The summed E-state index contributed by atoms with van der Waals surface area (Å²) in [4.78, 5) is 2.17. The molecule has 6 nitrogen and oxygen atoms in total. The van der Waals surface area contributed by atoms with Crippen molar-refractivity contribution in [3.8, 4) is 17.3 Å². The number of ether oxygens (including phenoxy) is 1. The number of halogens is 1. The second-order valence-electron chi connectivity index (χ2n) is 8.93. The van der Waals surface area contributed by atoms with E-state index in [1.807, 2.05) is 42.5 Å². The molecule has 4 rings (SSSR count). The number of benzene rings is 2. The molecule has 190 valence electrons. The first-order chi connectivity index (χ1) is 17.6. The van der Waals surface area contributed by atoms with Gasteiger partial charge in [-0.1, -0.05) is 44.9 Å². The Hall–Kier alpha value is -3.42. The summed E-state index contributed by atoms with van der Waals surface area (Å²) in [7, 11) is 0. The van der Waals surface area contributed by atoms with Crippen molar-refractivity contribution >= 4 is 0 Å². The first-order valence-electron chi connectivity index (χ1n) is 12.6. The molecule has 0 aliphatic carbocycles. The molecule has 0 fully saturated rings. The molecule has 2 heterocycles. The Morgan fingerprint density at radius 2 is 1.81 bits per heavy atom. The first-order valence-corrected chi connectivity index (χ1v) is 12.6. The molecule has 1 atom stereocenters. The fourth-order valence-electron chi connectivity index (χ4n) is 4.24. The van der Waals surface area contributed by atoms with Gasteiger partial charge in [-0.2, -0.15) is 5.10 Å². The molecule has 1 unspecified atom stereocenters. The van der Waals surface area contributed by atoms with Crippen LogP contribution in [-0.2, 0) is 19.5 Å². The molecule has 0 amide bonds. The van der Waals surface area contributed by atoms with Gasteiger partial charge in [0.1, 0.15) is 17.3 Å². The SMILES string of the molecule is CCCCC(O)CN(Cc1ccco1)Cc1c(CC)nn(-c2ccc(F)cc2)c1Oc1ccccc1. The molecule has 0 aliphatic heterocycles. The Morgan fingerprint density at radius 1 is 1.03 bits per heavy atom. The van der Waals surface area contributed by atoms with Gasteiger partial charge in [0, 0.05) is 13.1 Å². The van der Waals surface area contributed by atoms with Gasteiger partial charge in [-0.3, -0.25) is 4.90 Å². The van der Waals surface area contributed by atoms with E-state index in [0.29, 0.717) is 43.4 Å². The summed E-state index contributed by atoms with van der Waals surface area (Å²) in [5, 5.41) is 15.6.